The second-order valence-electron chi connectivity index (χ2n) is 14.3. The highest BCUT2D eigenvalue weighted by molar-refractivity contribution is 7.92. The molecular weight excluding hydrogens is 667 g/mol. The highest BCUT2D eigenvalue weighted by Gasteiger charge is 2.29. The van der Waals surface area contributed by atoms with E-state index in [4.69, 9.17) is 9.72 Å². The van der Waals surface area contributed by atoms with E-state index in [1.54, 1.807) is 18.2 Å². The summed E-state index contributed by atoms with van der Waals surface area (Å²) in [5.41, 5.74) is 5.37. The van der Waals surface area contributed by atoms with Crippen molar-refractivity contribution in [2.24, 2.45) is 17.4 Å². The Morgan fingerprint density at radius 3 is 2.37 bits per heavy atom. The van der Waals surface area contributed by atoms with Crippen LogP contribution in [0.2, 0.25) is 0 Å². The molecule has 1 saturated heterocycles. The third kappa shape index (κ3) is 8.34. The lowest BCUT2D eigenvalue weighted by Crippen LogP contribution is -2.46. The van der Waals surface area contributed by atoms with E-state index in [2.05, 4.69) is 59.0 Å². The van der Waals surface area contributed by atoms with Crippen molar-refractivity contribution in [3.05, 3.63) is 94.8 Å². The molecule has 0 spiro atoms. The molecule has 1 aromatic heterocycles. The molecule has 2 aliphatic heterocycles. The molecule has 1 amide bonds. The number of amides is 1. The second-order valence-corrected chi connectivity index (χ2v) is 16.1. The Bertz CT molecular complexity index is 2030. The number of anilines is 4. The summed E-state index contributed by atoms with van der Waals surface area (Å²) in [6.07, 6.45) is 3.10. The predicted octanol–water partition coefficient (Wildman–Crippen LogP) is 5.91. The van der Waals surface area contributed by atoms with Gasteiger partial charge in [-0.1, -0.05) is 62.4 Å². The van der Waals surface area contributed by atoms with Gasteiger partial charge in [-0.2, -0.15) is 5.11 Å². The van der Waals surface area contributed by atoms with Crippen molar-refractivity contribution in [3.8, 4) is 5.75 Å². The van der Waals surface area contributed by atoms with E-state index in [0.717, 1.165) is 67.4 Å². The lowest BCUT2D eigenvalue weighted by atomic mass is 9.86. The quantitative estimate of drug-likeness (QED) is 0.207. The Labute approximate surface area is 300 Å². The normalized spacial score (nSPS) is 16.8. The molecule has 270 valence electrons. The number of imidazole rings is 1. The summed E-state index contributed by atoms with van der Waals surface area (Å²) in [7, 11) is -0.156. The lowest BCUT2D eigenvalue weighted by molar-refractivity contribution is 0.102. The van der Waals surface area contributed by atoms with E-state index >= 15 is 0 Å². The molecule has 0 aliphatic carbocycles. The average molecular weight is 714 g/mol. The van der Waals surface area contributed by atoms with E-state index in [1.807, 2.05) is 64.1 Å². The van der Waals surface area contributed by atoms with Crippen LogP contribution in [0.4, 0.5) is 23.0 Å². The number of ether oxygens (including phenoxy) is 1. The van der Waals surface area contributed by atoms with Crippen LogP contribution in [0.1, 0.15) is 59.6 Å². The Balaban J connectivity index is 1.15. The Morgan fingerprint density at radius 1 is 1.00 bits per heavy atom. The molecule has 3 heterocycles. The SMILES string of the molecule is COc1c(NC(=O)c2ccc(C)c(N3CC(c4cn(C)c(N5CCN(Cc6ccccc6)CC5)n4)N=N3)c2)cc(C(C)(C)C)cc1NS(C)(=O)=O. The van der Waals surface area contributed by atoms with Crippen LogP contribution in [0.3, 0.4) is 0 Å². The van der Waals surface area contributed by atoms with E-state index < -0.39 is 10.0 Å². The zero-order valence-corrected chi connectivity index (χ0v) is 31.2. The summed E-state index contributed by atoms with van der Waals surface area (Å²) in [6.45, 7) is 13.1. The van der Waals surface area contributed by atoms with Crippen LogP contribution in [0.5, 0.6) is 5.75 Å². The number of benzene rings is 3. The fourth-order valence-electron chi connectivity index (χ4n) is 6.42. The minimum absolute atomic E-state index is 0.217. The van der Waals surface area contributed by atoms with Crippen molar-refractivity contribution in [1.82, 2.24) is 14.5 Å². The van der Waals surface area contributed by atoms with Gasteiger partial charge in [0, 0.05) is 51.5 Å². The highest BCUT2D eigenvalue weighted by atomic mass is 32.2. The first-order valence-electron chi connectivity index (χ1n) is 17.0. The summed E-state index contributed by atoms with van der Waals surface area (Å²) in [5.74, 6) is 0.764. The second kappa shape index (κ2) is 14.3. The molecule has 0 radical (unpaired) electrons. The molecule has 3 aromatic carbocycles. The van der Waals surface area contributed by atoms with Gasteiger partial charge in [-0.25, -0.2) is 18.4 Å². The molecule has 1 unspecified atom stereocenters. The van der Waals surface area contributed by atoms with Crippen LogP contribution >= 0.6 is 0 Å². The van der Waals surface area contributed by atoms with E-state index in [9.17, 15) is 13.2 Å². The van der Waals surface area contributed by atoms with Crippen molar-refractivity contribution >= 4 is 38.9 Å². The first kappa shape index (κ1) is 35.9. The van der Waals surface area contributed by atoms with Crippen molar-refractivity contribution in [2.45, 2.75) is 45.7 Å². The molecule has 1 atom stereocenters. The number of carbonyl (C=O) groups excluding carboxylic acids is 1. The number of hydrogen-bond donors (Lipinski definition) is 2. The molecule has 2 aliphatic rings. The fourth-order valence-corrected chi connectivity index (χ4v) is 6.97. The summed E-state index contributed by atoms with van der Waals surface area (Å²) in [4.78, 5) is 23.5. The maximum atomic E-state index is 13.7. The van der Waals surface area contributed by atoms with Gasteiger partial charge in [-0.3, -0.25) is 14.4 Å². The number of nitrogens with one attached hydrogen (secondary N) is 2. The molecule has 2 N–H and O–H groups in total. The molecule has 1 fully saturated rings. The van der Waals surface area contributed by atoms with Crippen LogP contribution in [0.15, 0.2) is 77.2 Å². The molecule has 6 rings (SSSR count). The van der Waals surface area contributed by atoms with Gasteiger partial charge < -0.3 is 19.5 Å². The number of nitrogens with zero attached hydrogens (tertiary/aromatic N) is 7. The first-order valence-corrected chi connectivity index (χ1v) is 18.9. The van der Waals surface area contributed by atoms with Gasteiger partial charge in [-0.15, -0.1) is 0 Å². The average Bonchev–Trinajstić information content (AvgIpc) is 3.72. The minimum Gasteiger partial charge on any atom is -0.492 e. The number of methoxy groups -OCH3 is 1. The topological polar surface area (TPSA) is 137 Å². The summed E-state index contributed by atoms with van der Waals surface area (Å²) in [5, 5.41) is 13.8. The number of sulfonamides is 1. The van der Waals surface area contributed by atoms with Gasteiger partial charge in [0.05, 0.1) is 42.7 Å². The monoisotopic (exact) mass is 713 g/mol. The lowest BCUT2D eigenvalue weighted by Gasteiger charge is -2.35. The number of aromatic nitrogens is 2. The molecule has 0 bridgehead atoms. The summed E-state index contributed by atoms with van der Waals surface area (Å²) >= 11 is 0. The zero-order valence-electron chi connectivity index (χ0n) is 30.3. The molecule has 51 heavy (non-hydrogen) atoms. The van der Waals surface area contributed by atoms with Crippen molar-refractivity contribution in [3.63, 3.8) is 0 Å². The van der Waals surface area contributed by atoms with Crippen LogP contribution in [-0.2, 0) is 29.0 Å². The maximum absolute atomic E-state index is 13.7. The molecule has 13 nitrogen and oxygen atoms in total. The van der Waals surface area contributed by atoms with Crippen LogP contribution < -0.4 is 24.7 Å². The minimum atomic E-state index is -3.61. The maximum Gasteiger partial charge on any atom is 0.255 e. The fraction of sp³-hybridized carbons (Fsp3) is 0.405. The smallest absolute Gasteiger partial charge is 0.255 e. The Hall–Kier alpha value is -4.95. The summed E-state index contributed by atoms with van der Waals surface area (Å²) in [6, 6.07) is 19.3. The molecule has 4 aromatic rings. The number of carbonyl (C=O) groups is 1. The largest absolute Gasteiger partial charge is 0.492 e. The number of hydrogen-bond acceptors (Lipinski definition) is 10. The van der Waals surface area contributed by atoms with Gasteiger partial charge in [0.2, 0.25) is 16.0 Å². The van der Waals surface area contributed by atoms with Gasteiger partial charge >= 0.3 is 0 Å². The standard InChI is InChI=1S/C37H47N9O4S/c1-25-13-14-27(35(47)38-29-20-28(37(2,3)4)21-30(34(29)50-6)41-51(7,48)49)19-33(25)46-24-32(40-42-46)31-23-43(5)36(39-31)45-17-15-44(16-18-45)22-26-11-9-8-10-12-26/h8-14,19-21,23,32,41H,15-18,22,24H2,1-7H3,(H,38,47). The van der Waals surface area contributed by atoms with Crippen LogP contribution in [-0.4, -0.2) is 74.9 Å². The van der Waals surface area contributed by atoms with Gasteiger partial charge in [0.15, 0.2) is 5.75 Å². The number of piperazine rings is 1. The Morgan fingerprint density at radius 2 is 1.71 bits per heavy atom. The molecule has 14 heteroatoms. The van der Waals surface area contributed by atoms with Crippen molar-refractivity contribution in [1.29, 1.82) is 0 Å². The number of rotatable bonds is 10. The third-order valence-electron chi connectivity index (χ3n) is 9.21. The Kier molecular flexibility index (Phi) is 10.1. The van der Waals surface area contributed by atoms with Crippen LogP contribution in [0, 0.1) is 6.92 Å². The van der Waals surface area contributed by atoms with Crippen molar-refractivity contribution in [2.75, 3.05) is 66.0 Å². The molecule has 0 saturated carbocycles. The van der Waals surface area contributed by atoms with Gasteiger partial charge in [0.1, 0.15) is 6.04 Å². The zero-order chi connectivity index (χ0) is 36.5. The van der Waals surface area contributed by atoms with Crippen LogP contribution in [0.25, 0.3) is 0 Å². The van der Waals surface area contributed by atoms with E-state index in [-0.39, 0.29) is 28.8 Å². The highest BCUT2D eigenvalue weighted by Crippen LogP contribution is 2.40. The molecular formula is C37H47N9O4S. The first-order chi connectivity index (χ1) is 24.2. The summed E-state index contributed by atoms with van der Waals surface area (Å²) < 4.78 is 34.5. The van der Waals surface area contributed by atoms with E-state index in [0.29, 0.717) is 17.8 Å². The van der Waals surface area contributed by atoms with E-state index in [1.165, 1.54) is 12.7 Å². The van der Waals surface area contributed by atoms with Gasteiger partial charge in [0.25, 0.3) is 5.91 Å². The third-order valence-corrected chi connectivity index (χ3v) is 9.80. The predicted molar refractivity (Wildman–Crippen MR) is 201 cm³/mol. The van der Waals surface area contributed by atoms with Gasteiger partial charge in [-0.05, 0) is 53.3 Å². The number of aryl methyl sites for hydroxylation is 2. The van der Waals surface area contributed by atoms with Crippen molar-refractivity contribution < 1.29 is 17.9 Å².